The molecule has 5 heteroatoms. The number of hydrogen-bond donors (Lipinski definition) is 2. The summed E-state index contributed by atoms with van der Waals surface area (Å²) >= 11 is 0. The van der Waals surface area contributed by atoms with Gasteiger partial charge in [-0.15, -0.1) is 0 Å². The van der Waals surface area contributed by atoms with E-state index in [1.165, 1.54) is 12.3 Å². The molecule has 0 atom stereocenters. The summed E-state index contributed by atoms with van der Waals surface area (Å²) in [5, 5.41) is 2.94. The summed E-state index contributed by atoms with van der Waals surface area (Å²) in [6, 6.07) is 3.21. The predicted molar refractivity (Wildman–Crippen MR) is 52.2 cm³/mol. The Morgan fingerprint density at radius 2 is 2.50 bits per heavy atom. The van der Waals surface area contributed by atoms with E-state index in [1.54, 1.807) is 6.07 Å². The molecule has 0 spiro atoms. The minimum Gasteiger partial charge on any atom is -0.492 e. The highest BCUT2D eigenvalue weighted by Crippen LogP contribution is 2.09. The van der Waals surface area contributed by atoms with E-state index >= 15 is 0 Å². The fourth-order valence-corrected chi connectivity index (χ4v) is 0.907. The first-order valence-corrected chi connectivity index (χ1v) is 4.27. The van der Waals surface area contributed by atoms with Crippen molar-refractivity contribution in [2.24, 2.45) is 5.73 Å². The minimum absolute atomic E-state index is 0.215. The highest BCUT2D eigenvalue weighted by molar-refractivity contribution is 5.91. The van der Waals surface area contributed by atoms with Crippen LogP contribution in [0.1, 0.15) is 10.5 Å². The number of amides is 1. The largest absolute Gasteiger partial charge is 0.492 e. The molecular formula is C9H13N3O2. The van der Waals surface area contributed by atoms with Gasteiger partial charge in [-0.25, -0.2) is 0 Å². The second-order valence-corrected chi connectivity index (χ2v) is 2.69. The summed E-state index contributed by atoms with van der Waals surface area (Å²) in [6.45, 7) is 1.28. The van der Waals surface area contributed by atoms with E-state index in [0.29, 0.717) is 12.4 Å². The number of carbonyl (C=O) groups is 1. The molecule has 0 radical (unpaired) electrons. The second kappa shape index (κ2) is 5.18. The van der Waals surface area contributed by atoms with Crippen LogP contribution in [0.2, 0.25) is 0 Å². The van der Waals surface area contributed by atoms with Gasteiger partial charge in [0.25, 0.3) is 5.91 Å². The Balaban J connectivity index is 2.59. The number of carbonyl (C=O) groups excluding carboxylic acids is 1. The molecule has 0 aliphatic heterocycles. The van der Waals surface area contributed by atoms with Crippen LogP contribution in [0.5, 0.6) is 5.75 Å². The fourth-order valence-electron chi connectivity index (χ4n) is 0.907. The number of ether oxygens (including phenoxy) is 1. The molecule has 1 aromatic heterocycles. The number of rotatable bonds is 5. The van der Waals surface area contributed by atoms with Gasteiger partial charge in [-0.3, -0.25) is 9.78 Å². The van der Waals surface area contributed by atoms with Gasteiger partial charge >= 0.3 is 0 Å². The second-order valence-electron chi connectivity index (χ2n) is 2.69. The van der Waals surface area contributed by atoms with Crippen molar-refractivity contribution in [3.05, 3.63) is 24.0 Å². The summed E-state index contributed by atoms with van der Waals surface area (Å²) in [4.78, 5) is 14.6. The van der Waals surface area contributed by atoms with E-state index in [-0.39, 0.29) is 5.69 Å². The number of hydrogen-bond acceptors (Lipinski definition) is 4. The number of nitrogens with zero attached hydrogens (tertiary/aromatic N) is 1. The van der Waals surface area contributed by atoms with Crippen LogP contribution in [0.15, 0.2) is 18.3 Å². The summed E-state index contributed by atoms with van der Waals surface area (Å²) < 4.78 is 5.33. The Morgan fingerprint density at radius 3 is 3.14 bits per heavy atom. The highest BCUT2D eigenvalue weighted by Gasteiger charge is 2.02. The maximum atomic E-state index is 10.8. The zero-order chi connectivity index (χ0) is 10.4. The third-order valence-electron chi connectivity index (χ3n) is 1.60. The number of nitrogens with two attached hydrogens (primary N) is 1. The van der Waals surface area contributed by atoms with Crippen LogP contribution in [-0.2, 0) is 0 Å². The average Bonchev–Trinajstić information content (AvgIpc) is 2.19. The summed E-state index contributed by atoms with van der Waals surface area (Å²) in [6.07, 6.45) is 1.49. The van der Waals surface area contributed by atoms with Gasteiger partial charge in [-0.1, -0.05) is 0 Å². The van der Waals surface area contributed by atoms with Gasteiger partial charge in [-0.05, 0) is 13.1 Å². The molecule has 0 aliphatic carbocycles. The topological polar surface area (TPSA) is 77.2 Å². The molecule has 1 amide bonds. The zero-order valence-electron chi connectivity index (χ0n) is 7.99. The SMILES string of the molecule is CNCCOc1ccnc(C(N)=O)c1. The normalized spacial score (nSPS) is 9.79. The van der Waals surface area contributed by atoms with Gasteiger partial charge in [0, 0.05) is 18.8 Å². The number of primary amides is 1. The van der Waals surface area contributed by atoms with Gasteiger partial charge in [0.15, 0.2) is 0 Å². The lowest BCUT2D eigenvalue weighted by molar-refractivity contribution is 0.0995. The third-order valence-corrected chi connectivity index (χ3v) is 1.60. The zero-order valence-corrected chi connectivity index (χ0v) is 7.99. The molecule has 0 aromatic carbocycles. The molecule has 1 aromatic rings. The molecule has 1 heterocycles. The maximum absolute atomic E-state index is 10.8. The molecule has 0 saturated carbocycles. The molecule has 0 unspecified atom stereocenters. The van der Waals surface area contributed by atoms with E-state index in [4.69, 9.17) is 10.5 Å². The molecular weight excluding hydrogens is 182 g/mol. The Hall–Kier alpha value is -1.62. The van der Waals surface area contributed by atoms with Crippen LogP contribution in [-0.4, -0.2) is 31.1 Å². The summed E-state index contributed by atoms with van der Waals surface area (Å²) in [7, 11) is 1.84. The minimum atomic E-state index is -0.552. The summed E-state index contributed by atoms with van der Waals surface area (Å²) in [5.74, 6) is 0.0492. The molecule has 3 N–H and O–H groups in total. The first-order chi connectivity index (χ1) is 6.74. The molecule has 76 valence electrons. The van der Waals surface area contributed by atoms with Gasteiger partial charge in [0.1, 0.15) is 18.1 Å². The van der Waals surface area contributed by atoms with Crippen molar-refractivity contribution in [3.8, 4) is 5.75 Å². The van der Waals surface area contributed by atoms with E-state index in [2.05, 4.69) is 10.3 Å². The average molecular weight is 195 g/mol. The van der Waals surface area contributed by atoms with E-state index in [9.17, 15) is 4.79 Å². The standard InChI is InChI=1S/C9H13N3O2/c1-11-4-5-14-7-2-3-12-8(6-7)9(10)13/h2-3,6,11H,4-5H2,1H3,(H2,10,13). The van der Waals surface area contributed by atoms with Crippen LogP contribution in [0.25, 0.3) is 0 Å². The van der Waals surface area contributed by atoms with Crippen molar-refractivity contribution in [2.45, 2.75) is 0 Å². The Labute approximate surface area is 82.3 Å². The predicted octanol–water partition coefficient (Wildman–Crippen LogP) is -0.221. The van der Waals surface area contributed by atoms with Crippen LogP contribution < -0.4 is 15.8 Å². The third kappa shape index (κ3) is 3.02. The Kier molecular flexibility index (Phi) is 3.87. The highest BCUT2D eigenvalue weighted by atomic mass is 16.5. The van der Waals surface area contributed by atoms with Crippen LogP contribution in [0, 0.1) is 0 Å². The lowest BCUT2D eigenvalue weighted by Crippen LogP contribution is -2.17. The van der Waals surface area contributed by atoms with Gasteiger partial charge in [-0.2, -0.15) is 0 Å². The lowest BCUT2D eigenvalue weighted by Gasteiger charge is -2.05. The van der Waals surface area contributed by atoms with Crippen molar-refractivity contribution < 1.29 is 9.53 Å². The maximum Gasteiger partial charge on any atom is 0.267 e. The van der Waals surface area contributed by atoms with Crippen LogP contribution in [0.4, 0.5) is 0 Å². The number of aromatic nitrogens is 1. The van der Waals surface area contributed by atoms with Crippen LogP contribution in [0.3, 0.4) is 0 Å². The molecule has 1 rings (SSSR count). The summed E-state index contributed by atoms with van der Waals surface area (Å²) in [5.41, 5.74) is 5.28. The number of pyridine rings is 1. The lowest BCUT2D eigenvalue weighted by atomic mass is 10.3. The van der Waals surface area contributed by atoms with Crippen LogP contribution >= 0.6 is 0 Å². The van der Waals surface area contributed by atoms with E-state index in [0.717, 1.165) is 6.54 Å². The molecule has 0 saturated heterocycles. The van der Waals surface area contributed by atoms with Gasteiger partial charge in [0.2, 0.25) is 0 Å². The van der Waals surface area contributed by atoms with Crippen molar-refractivity contribution in [2.75, 3.05) is 20.2 Å². The van der Waals surface area contributed by atoms with E-state index in [1.807, 2.05) is 7.05 Å². The first kappa shape index (κ1) is 10.5. The van der Waals surface area contributed by atoms with Gasteiger partial charge in [0.05, 0.1) is 0 Å². The van der Waals surface area contributed by atoms with Crippen molar-refractivity contribution >= 4 is 5.91 Å². The van der Waals surface area contributed by atoms with Crippen molar-refractivity contribution in [1.82, 2.24) is 10.3 Å². The fraction of sp³-hybridized carbons (Fsp3) is 0.333. The molecule has 0 aliphatic rings. The molecule has 0 bridgehead atoms. The Morgan fingerprint density at radius 1 is 1.71 bits per heavy atom. The molecule has 0 fully saturated rings. The quantitative estimate of drug-likeness (QED) is 0.637. The molecule has 5 nitrogen and oxygen atoms in total. The van der Waals surface area contributed by atoms with Gasteiger partial charge < -0.3 is 15.8 Å². The number of likely N-dealkylation sites (N-methyl/N-ethyl adjacent to an activating group) is 1. The smallest absolute Gasteiger partial charge is 0.267 e. The van der Waals surface area contributed by atoms with Crippen molar-refractivity contribution in [1.29, 1.82) is 0 Å². The Bertz CT molecular complexity index is 315. The monoisotopic (exact) mass is 195 g/mol. The molecule has 14 heavy (non-hydrogen) atoms. The number of nitrogens with one attached hydrogen (secondary N) is 1. The first-order valence-electron chi connectivity index (χ1n) is 4.27. The van der Waals surface area contributed by atoms with E-state index < -0.39 is 5.91 Å². The van der Waals surface area contributed by atoms with Crippen molar-refractivity contribution in [3.63, 3.8) is 0 Å².